The first-order valence-corrected chi connectivity index (χ1v) is 7.16. The Hall–Kier alpha value is -1.39. The molecule has 2 heterocycles. The molecule has 3 rings (SSSR count). The molecule has 1 aromatic carbocycles. The summed E-state index contributed by atoms with van der Waals surface area (Å²) >= 11 is 7.21. The van der Waals surface area contributed by atoms with Crippen molar-refractivity contribution in [3.63, 3.8) is 0 Å². The zero-order valence-corrected chi connectivity index (χ0v) is 12.0. The maximum atomic E-state index is 5.42. The van der Waals surface area contributed by atoms with Crippen LogP contribution in [-0.2, 0) is 6.54 Å². The molecule has 0 fully saturated rings. The van der Waals surface area contributed by atoms with Crippen LogP contribution in [0.1, 0.15) is 16.0 Å². The molecule has 0 amide bonds. The second-order valence-electron chi connectivity index (χ2n) is 4.56. The van der Waals surface area contributed by atoms with E-state index >= 15 is 0 Å². The molecule has 0 radical (unpaired) electrons. The van der Waals surface area contributed by atoms with Gasteiger partial charge >= 0.3 is 0 Å². The Bertz CT molecular complexity index is 762. The van der Waals surface area contributed by atoms with Crippen molar-refractivity contribution in [2.75, 3.05) is 0 Å². The third kappa shape index (κ3) is 1.91. The summed E-state index contributed by atoms with van der Waals surface area (Å²) in [6, 6.07) is 8.56. The Morgan fingerprint density at radius 1 is 1.28 bits per heavy atom. The molecule has 18 heavy (non-hydrogen) atoms. The van der Waals surface area contributed by atoms with Gasteiger partial charge in [-0.3, -0.25) is 0 Å². The molecule has 2 aromatic heterocycles. The molecule has 0 spiro atoms. The molecule has 4 heteroatoms. The van der Waals surface area contributed by atoms with Crippen molar-refractivity contribution in [3.05, 3.63) is 50.4 Å². The number of fused-ring (bicyclic) bond motifs is 1. The van der Waals surface area contributed by atoms with Crippen LogP contribution in [0.25, 0.3) is 11.0 Å². The molecular weight excluding hydrogens is 260 g/mol. The lowest BCUT2D eigenvalue weighted by Crippen LogP contribution is -1.98. The van der Waals surface area contributed by atoms with Crippen LogP contribution in [0.3, 0.4) is 0 Å². The Labute approximate surface area is 115 Å². The number of rotatable bonds is 2. The minimum Gasteiger partial charge on any atom is -0.331 e. The van der Waals surface area contributed by atoms with Crippen LogP contribution in [0.4, 0.5) is 0 Å². The fourth-order valence-electron chi connectivity index (χ4n) is 2.14. The lowest BCUT2D eigenvalue weighted by Gasteiger charge is -2.04. The largest absolute Gasteiger partial charge is 0.331 e. The number of nitrogens with zero attached hydrogens (tertiary/aromatic N) is 1. The van der Waals surface area contributed by atoms with Gasteiger partial charge in [0.15, 0.2) is 4.77 Å². The molecule has 0 aliphatic rings. The normalized spacial score (nSPS) is 11.2. The van der Waals surface area contributed by atoms with Gasteiger partial charge in [0.05, 0.1) is 17.6 Å². The van der Waals surface area contributed by atoms with Gasteiger partial charge in [-0.1, -0.05) is 6.07 Å². The van der Waals surface area contributed by atoms with E-state index in [1.165, 1.54) is 21.5 Å². The van der Waals surface area contributed by atoms with E-state index in [2.05, 4.69) is 53.0 Å². The topological polar surface area (TPSA) is 20.7 Å². The molecule has 0 saturated heterocycles. The summed E-state index contributed by atoms with van der Waals surface area (Å²) in [5.41, 5.74) is 4.88. The van der Waals surface area contributed by atoms with E-state index in [9.17, 15) is 0 Å². The summed E-state index contributed by atoms with van der Waals surface area (Å²) in [4.78, 5) is 4.65. The molecule has 0 aliphatic carbocycles. The van der Waals surface area contributed by atoms with Crippen LogP contribution in [0.15, 0.2) is 29.6 Å². The van der Waals surface area contributed by atoms with Gasteiger partial charge in [-0.25, -0.2) is 0 Å². The van der Waals surface area contributed by atoms with E-state index < -0.39 is 0 Å². The fourth-order valence-corrected chi connectivity index (χ4v) is 3.31. The molecule has 0 aliphatic heterocycles. The van der Waals surface area contributed by atoms with E-state index in [-0.39, 0.29) is 0 Å². The molecule has 0 atom stereocenters. The van der Waals surface area contributed by atoms with Crippen molar-refractivity contribution in [2.24, 2.45) is 0 Å². The summed E-state index contributed by atoms with van der Waals surface area (Å²) in [6.07, 6.45) is 0. The summed E-state index contributed by atoms with van der Waals surface area (Å²) in [6.45, 7) is 5.09. The average molecular weight is 274 g/mol. The number of nitrogens with one attached hydrogen (secondary N) is 1. The van der Waals surface area contributed by atoms with Crippen LogP contribution >= 0.6 is 23.6 Å². The van der Waals surface area contributed by atoms with Crippen molar-refractivity contribution in [1.29, 1.82) is 0 Å². The second kappa shape index (κ2) is 4.37. The molecule has 2 nitrogen and oxygen atoms in total. The van der Waals surface area contributed by atoms with Gasteiger partial charge in [-0.2, -0.15) is 0 Å². The zero-order valence-electron chi connectivity index (χ0n) is 10.4. The van der Waals surface area contributed by atoms with Gasteiger partial charge in [0.1, 0.15) is 0 Å². The van der Waals surface area contributed by atoms with E-state index in [4.69, 9.17) is 12.2 Å². The number of aryl methyl sites for hydroxylation is 2. The summed E-state index contributed by atoms with van der Waals surface area (Å²) in [5, 5.41) is 2.13. The number of benzene rings is 1. The maximum absolute atomic E-state index is 5.42. The fraction of sp³-hybridized carbons (Fsp3) is 0.214. The van der Waals surface area contributed by atoms with Gasteiger partial charge in [0.2, 0.25) is 0 Å². The molecule has 92 valence electrons. The average Bonchev–Trinajstić information content (AvgIpc) is 2.85. The van der Waals surface area contributed by atoms with Crippen LogP contribution in [0, 0.1) is 18.6 Å². The predicted molar refractivity (Wildman–Crippen MR) is 80.0 cm³/mol. The lowest BCUT2D eigenvalue weighted by atomic mass is 10.2. The summed E-state index contributed by atoms with van der Waals surface area (Å²) < 4.78 is 2.96. The number of aromatic amines is 1. The standard InChI is InChI=1S/C14H14N2S2/c1-9-3-4-12-11(7-9)15-14(17)16(12)8-13-10(2)5-6-18-13/h3-7H,8H2,1-2H3,(H,15,17). The van der Waals surface area contributed by atoms with Gasteiger partial charge in [0, 0.05) is 4.88 Å². The highest BCUT2D eigenvalue weighted by Crippen LogP contribution is 2.21. The van der Waals surface area contributed by atoms with Gasteiger partial charge < -0.3 is 9.55 Å². The number of thiophene rings is 1. The van der Waals surface area contributed by atoms with E-state index in [1.807, 2.05) is 0 Å². The van der Waals surface area contributed by atoms with Crippen LogP contribution in [-0.4, -0.2) is 9.55 Å². The highest BCUT2D eigenvalue weighted by atomic mass is 32.1. The quantitative estimate of drug-likeness (QED) is 0.686. The number of imidazole rings is 1. The Kier molecular flexibility index (Phi) is 2.84. The van der Waals surface area contributed by atoms with Crippen molar-refractivity contribution >= 4 is 34.6 Å². The molecule has 3 aromatic rings. The summed E-state index contributed by atoms with van der Waals surface area (Å²) in [5.74, 6) is 0. The first-order valence-electron chi connectivity index (χ1n) is 5.87. The number of hydrogen-bond donors (Lipinski definition) is 1. The van der Waals surface area contributed by atoms with Crippen molar-refractivity contribution in [3.8, 4) is 0 Å². The highest BCUT2D eigenvalue weighted by Gasteiger charge is 2.07. The first kappa shape index (κ1) is 11.7. The molecule has 1 N–H and O–H groups in total. The number of aromatic nitrogens is 2. The Morgan fingerprint density at radius 3 is 2.83 bits per heavy atom. The van der Waals surface area contributed by atoms with E-state index in [0.717, 1.165) is 16.8 Å². The van der Waals surface area contributed by atoms with Crippen LogP contribution in [0.5, 0.6) is 0 Å². The minimum absolute atomic E-state index is 0.795. The van der Waals surface area contributed by atoms with Crippen molar-refractivity contribution in [1.82, 2.24) is 9.55 Å². The minimum atomic E-state index is 0.795. The SMILES string of the molecule is Cc1ccc2c(c1)[nH]c(=S)n2Cc1sccc1C. The monoisotopic (exact) mass is 274 g/mol. The number of hydrogen-bond acceptors (Lipinski definition) is 2. The zero-order chi connectivity index (χ0) is 12.7. The first-order chi connectivity index (χ1) is 8.65. The summed E-state index contributed by atoms with van der Waals surface area (Å²) in [7, 11) is 0. The molecule has 0 unspecified atom stereocenters. The highest BCUT2D eigenvalue weighted by molar-refractivity contribution is 7.71. The van der Waals surface area contributed by atoms with E-state index in [0.29, 0.717) is 0 Å². The smallest absolute Gasteiger partial charge is 0.178 e. The second-order valence-corrected chi connectivity index (χ2v) is 5.95. The van der Waals surface area contributed by atoms with Gasteiger partial charge in [0.25, 0.3) is 0 Å². The third-order valence-corrected chi connectivity index (χ3v) is 4.53. The Morgan fingerprint density at radius 2 is 2.11 bits per heavy atom. The Balaban J connectivity index is 2.15. The lowest BCUT2D eigenvalue weighted by molar-refractivity contribution is 0.819. The molecule has 0 bridgehead atoms. The van der Waals surface area contributed by atoms with Crippen LogP contribution in [0.2, 0.25) is 0 Å². The number of H-pyrrole nitrogens is 1. The predicted octanol–water partition coefficient (Wildman–Crippen LogP) is 4.43. The molecule has 0 saturated carbocycles. The maximum Gasteiger partial charge on any atom is 0.178 e. The third-order valence-electron chi connectivity index (χ3n) is 3.20. The van der Waals surface area contributed by atoms with E-state index in [1.54, 1.807) is 11.3 Å². The van der Waals surface area contributed by atoms with Crippen molar-refractivity contribution in [2.45, 2.75) is 20.4 Å². The van der Waals surface area contributed by atoms with Gasteiger partial charge in [-0.15, -0.1) is 11.3 Å². The van der Waals surface area contributed by atoms with Crippen LogP contribution < -0.4 is 0 Å². The molecular formula is C14H14N2S2. The van der Waals surface area contributed by atoms with Gasteiger partial charge in [-0.05, 0) is 60.8 Å². The van der Waals surface area contributed by atoms with Crippen molar-refractivity contribution < 1.29 is 0 Å².